The number of benzene rings is 2. The van der Waals surface area contributed by atoms with E-state index in [0.717, 1.165) is 0 Å². The number of halogens is 3. The summed E-state index contributed by atoms with van der Waals surface area (Å²) in [6, 6.07) is 5.79. The van der Waals surface area contributed by atoms with Crippen molar-refractivity contribution in [3.63, 3.8) is 0 Å². The summed E-state index contributed by atoms with van der Waals surface area (Å²) in [6.07, 6.45) is 1.39. The van der Waals surface area contributed by atoms with E-state index in [1.54, 1.807) is 6.07 Å². The summed E-state index contributed by atoms with van der Waals surface area (Å²) in [5.41, 5.74) is 1.33. The van der Waals surface area contributed by atoms with Gasteiger partial charge in [0.25, 0.3) is 0 Å². The van der Waals surface area contributed by atoms with E-state index in [1.807, 2.05) is 0 Å². The van der Waals surface area contributed by atoms with Gasteiger partial charge in [0.15, 0.2) is 0 Å². The molecule has 0 unspecified atom stereocenters. The van der Waals surface area contributed by atoms with Crippen LogP contribution in [0.25, 0.3) is 5.70 Å². The predicted molar refractivity (Wildman–Crippen MR) is 78.1 cm³/mol. The third-order valence-corrected chi connectivity index (χ3v) is 3.39. The molecule has 0 atom stereocenters. The van der Waals surface area contributed by atoms with Gasteiger partial charge in [0, 0.05) is 23.3 Å². The largest absolute Gasteiger partial charge is 0.508 e. The van der Waals surface area contributed by atoms with Crippen molar-refractivity contribution in [1.82, 2.24) is 0 Å². The van der Waals surface area contributed by atoms with Crippen molar-refractivity contribution >= 4 is 17.7 Å². The van der Waals surface area contributed by atoms with Crippen LogP contribution in [-0.2, 0) is 6.54 Å². The number of nitrogens with zero attached hydrogens (tertiary/aromatic N) is 2. The second kappa shape index (κ2) is 5.22. The molecule has 0 saturated heterocycles. The lowest BCUT2D eigenvalue weighted by Gasteiger charge is -2.26. The maximum absolute atomic E-state index is 13.8. The first-order valence-electron chi connectivity index (χ1n) is 6.42. The van der Waals surface area contributed by atoms with E-state index in [1.165, 1.54) is 23.4 Å². The van der Waals surface area contributed by atoms with Crippen molar-refractivity contribution in [3.05, 3.63) is 65.5 Å². The van der Waals surface area contributed by atoms with Gasteiger partial charge in [-0.15, -0.1) is 0 Å². The van der Waals surface area contributed by atoms with Crippen LogP contribution in [0.5, 0.6) is 5.75 Å². The van der Waals surface area contributed by atoms with Crippen LogP contribution in [-0.4, -0.2) is 11.4 Å². The molecule has 0 saturated carbocycles. The summed E-state index contributed by atoms with van der Waals surface area (Å²) >= 11 is 0. The van der Waals surface area contributed by atoms with Crippen molar-refractivity contribution in [2.45, 2.75) is 6.54 Å². The molecule has 3 nitrogen and oxygen atoms in total. The molecule has 1 aliphatic heterocycles. The summed E-state index contributed by atoms with van der Waals surface area (Å²) in [5.74, 6) is -2.85. The molecule has 22 heavy (non-hydrogen) atoms. The van der Waals surface area contributed by atoms with Gasteiger partial charge < -0.3 is 10.0 Å². The highest BCUT2D eigenvalue weighted by molar-refractivity contribution is 5.94. The molecule has 0 fully saturated rings. The number of phenolic OH excluding ortho intramolecular Hbond substituents is 1. The fraction of sp³-hybridized carbons (Fsp3) is 0.0625. The van der Waals surface area contributed by atoms with Gasteiger partial charge in [0.2, 0.25) is 0 Å². The normalized spacial score (nSPS) is 13.4. The lowest BCUT2D eigenvalue weighted by molar-refractivity contribution is 0.475. The Morgan fingerprint density at radius 1 is 1.09 bits per heavy atom. The van der Waals surface area contributed by atoms with Gasteiger partial charge in [-0.25, -0.2) is 18.2 Å². The molecule has 0 amide bonds. The fourth-order valence-electron chi connectivity index (χ4n) is 2.30. The Bertz CT molecular complexity index is 779. The summed E-state index contributed by atoms with van der Waals surface area (Å²) < 4.78 is 40.5. The lowest BCUT2D eigenvalue weighted by Crippen LogP contribution is -2.25. The zero-order valence-electron chi connectivity index (χ0n) is 11.4. The Morgan fingerprint density at radius 3 is 2.45 bits per heavy atom. The van der Waals surface area contributed by atoms with Crippen LogP contribution in [0, 0.1) is 17.5 Å². The molecule has 1 aliphatic rings. The monoisotopic (exact) mass is 304 g/mol. The number of aromatic hydroxyl groups is 1. The highest BCUT2D eigenvalue weighted by Gasteiger charge is 2.20. The minimum Gasteiger partial charge on any atom is -0.508 e. The molecule has 0 aromatic heterocycles. The van der Waals surface area contributed by atoms with Gasteiger partial charge in [-0.2, -0.15) is 0 Å². The van der Waals surface area contributed by atoms with Gasteiger partial charge in [0.1, 0.15) is 23.2 Å². The highest BCUT2D eigenvalue weighted by atomic mass is 19.1. The van der Waals surface area contributed by atoms with Crippen LogP contribution in [0.1, 0.15) is 11.1 Å². The number of rotatable bonds is 2. The minimum absolute atomic E-state index is 0.0380. The molecule has 6 heteroatoms. The maximum atomic E-state index is 13.8. The number of hydrogen-bond acceptors (Lipinski definition) is 3. The Hall–Kier alpha value is -2.76. The SMILES string of the molecule is C=C1N=CN(Cc2c(F)cc(F)cc2F)c2ccc(O)cc21. The van der Waals surface area contributed by atoms with Crippen LogP contribution < -0.4 is 4.90 Å². The van der Waals surface area contributed by atoms with Crippen molar-refractivity contribution in [3.8, 4) is 5.75 Å². The van der Waals surface area contributed by atoms with Gasteiger partial charge in [0.05, 0.1) is 24.3 Å². The highest BCUT2D eigenvalue weighted by Crippen LogP contribution is 2.34. The molecule has 2 aromatic rings. The Balaban J connectivity index is 2.01. The molecule has 0 bridgehead atoms. The fourth-order valence-corrected chi connectivity index (χ4v) is 2.30. The third kappa shape index (κ3) is 2.43. The first-order valence-corrected chi connectivity index (χ1v) is 6.42. The zero-order valence-corrected chi connectivity index (χ0v) is 11.4. The number of phenols is 1. The van der Waals surface area contributed by atoms with Crippen LogP contribution in [0.4, 0.5) is 18.9 Å². The first-order chi connectivity index (χ1) is 10.5. The molecule has 0 radical (unpaired) electrons. The molecule has 1 N–H and O–H groups in total. The van der Waals surface area contributed by atoms with Gasteiger partial charge >= 0.3 is 0 Å². The molecule has 112 valence electrons. The molecular formula is C16H11F3N2O. The van der Waals surface area contributed by atoms with E-state index >= 15 is 0 Å². The summed E-state index contributed by atoms with van der Waals surface area (Å²) in [5, 5.41) is 9.53. The summed E-state index contributed by atoms with van der Waals surface area (Å²) in [7, 11) is 0. The van der Waals surface area contributed by atoms with E-state index in [4.69, 9.17) is 0 Å². The van der Waals surface area contributed by atoms with Crippen LogP contribution in [0.2, 0.25) is 0 Å². The van der Waals surface area contributed by atoms with Crippen molar-refractivity contribution in [1.29, 1.82) is 0 Å². The van der Waals surface area contributed by atoms with Crippen LogP contribution in [0.3, 0.4) is 0 Å². The van der Waals surface area contributed by atoms with E-state index in [0.29, 0.717) is 29.1 Å². The first kappa shape index (κ1) is 14.2. The second-order valence-corrected chi connectivity index (χ2v) is 4.87. The lowest BCUT2D eigenvalue weighted by atomic mass is 10.1. The van der Waals surface area contributed by atoms with Crippen LogP contribution in [0.15, 0.2) is 41.9 Å². The second-order valence-electron chi connectivity index (χ2n) is 4.87. The maximum Gasteiger partial charge on any atom is 0.134 e. The summed E-state index contributed by atoms with van der Waals surface area (Å²) in [4.78, 5) is 5.55. The minimum atomic E-state index is -0.968. The average Bonchev–Trinajstić information content (AvgIpc) is 2.45. The van der Waals surface area contributed by atoms with Crippen molar-refractivity contribution in [2.24, 2.45) is 4.99 Å². The van der Waals surface area contributed by atoms with Crippen molar-refractivity contribution in [2.75, 3.05) is 4.90 Å². The smallest absolute Gasteiger partial charge is 0.134 e. The molecule has 0 spiro atoms. The zero-order chi connectivity index (χ0) is 15.9. The number of hydrogen-bond donors (Lipinski definition) is 1. The molecule has 1 heterocycles. The topological polar surface area (TPSA) is 35.8 Å². The average molecular weight is 304 g/mol. The van der Waals surface area contributed by atoms with E-state index in [9.17, 15) is 18.3 Å². The molecule has 0 aliphatic carbocycles. The Labute approximate surface area is 124 Å². The Morgan fingerprint density at radius 2 is 1.77 bits per heavy atom. The van der Waals surface area contributed by atoms with Crippen molar-refractivity contribution < 1.29 is 18.3 Å². The Kier molecular flexibility index (Phi) is 3.36. The number of aliphatic imine (C=N–C) groups is 1. The van der Waals surface area contributed by atoms with E-state index in [2.05, 4.69) is 11.6 Å². The van der Waals surface area contributed by atoms with Crippen LogP contribution >= 0.6 is 0 Å². The third-order valence-electron chi connectivity index (χ3n) is 3.39. The number of fused-ring (bicyclic) bond motifs is 1. The van der Waals surface area contributed by atoms with Gasteiger partial charge in [-0.05, 0) is 18.2 Å². The summed E-state index contributed by atoms with van der Waals surface area (Å²) in [6.45, 7) is 3.59. The molecule has 3 rings (SSSR count). The standard InChI is InChI=1S/C16H11F3N2O/c1-9-12-6-11(22)2-3-16(12)21(8-20-9)7-13-14(18)4-10(17)5-15(13)19/h2-6,8,22H,1,7H2. The molecular weight excluding hydrogens is 293 g/mol. The van der Waals surface area contributed by atoms with Gasteiger partial charge in [-0.1, -0.05) is 6.58 Å². The predicted octanol–water partition coefficient (Wildman–Crippen LogP) is 3.83. The van der Waals surface area contributed by atoms with E-state index < -0.39 is 17.5 Å². The number of anilines is 1. The quantitative estimate of drug-likeness (QED) is 0.915. The van der Waals surface area contributed by atoms with Gasteiger partial charge in [-0.3, -0.25) is 0 Å². The van der Waals surface area contributed by atoms with E-state index in [-0.39, 0.29) is 17.9 Å². The molecule has 2 aromatic carbocycles.